The number of aromatic nitrogens is 3. The lowest BCUT2D eigenvalue weighted by Gasteiger charge is -2.19. The number of pyridine rings is 1. The second-order valence-corrected chi connectivity index (χ2v) is 4.80. The summed E-state index contributed by atoms with van der Waals surface area (Å²) in [5, 5.41) is 7.13. The molecule has 18 heavy (non-hydrogen) atoms. The lowest BCUT2D eigenvalue weighted by Crippen LogP contribution is -2.33. The molecule has 1 atom stereocenters. The van der Waals surface area contributed by atoms with Gasteiger partial charge in [0.25, 0.3) is 5.89 Å². The van der Waals surface area contributed by atoms with Crippen molar-refractivity contribution in [1.82, 2.24) is 20.4 Å². The molecule has 1 unspecified atom stereocenters. The highest BCUT2D eigenvalue weighted by atomic mass is 79.9. The maximum absolute atomic E-state index is 5.55. The molecule has 6 nitrogen and oxygen atoms in total. The number of nitrogens with zero attached hydrogens (tertiary/aromatic N) is 3. The van der Waals surface area contributed by atoms with Gasteiger partial charge < -0.3 is 14.6 Å². The first-order valence-corrected chi connectivity index (χ1v) is 6.40. The van der Waals surface area contributed by atoms with Crippen molar-refractivity contribution in [2.75, 3.05) is 19.7 Å². The monoisotopic (exact) mass is 310 g/mol. The van der Waals surface area contributed by atoms with Crippen LogP contribution in [0.2, 0.25) is 0 Å². The molecule has 1 fully saturated rings. The van der Waals surface area contributed by atoms with Crippen LogP contribution < -0.4 is 5.32 Å². The Kier molecular flexibility index (Phi) is 3.35. The van der Waals surface area contributed by atoms with Crippen LogP contribution in [0.15, 0.2) is 27.3 Å². The molecule has 0 saturated carbocycles. The predicted molar refractivity (Wildman–Crippen MR) is 66.8 cm³/mol. The van der Waals surface area contributed by atoms with Crippen molar-refractivity contribution in [2.24, 2.45) is 0 Å². The first kappa shape index (κ1) is 11.8. The van der Waals surface area contributed by atoms with E-state index in [1.54, 1.807) is 6.20 Å². The maximum atomic E-state index is 5.55. The van der Waals surface area contributed by atoms with Gasteiger partial charge in [-0.1, -0.05) is 5.16 Å². The van der Waals surface area contributed by atoms with Crippen LogP contribution in [0.25, 0.3) is 11.5 Å². The Morgan fingerprint density at radius 2 is 2.33 bits per heavy atom. The Morgan fingerprint density at radius 3 is 3.06 bits per heavy atom. The van der Waals surface area contributed by atoms with E-state index >= 15 is 0 Å². The van der Waals surface area contributed by atoms with Crippen LogP contribution in [0, 0.1) is 0 Å². The second-order valence-electron chi connectivity index (χ2n) is 3.88. The SMILES string of the molecule is Brc1ccc(-c2noc(C3CNCCO3)n2)nc1. The zero-order chi connectivity index (χ0) is 12.4. The first-order chi connectivity index (χ1) is 8.83. The molecular formula is C11H11BrN4O2. The van der Waals surface area contributed by atoms with Crippen molar-refractivity contribution in [3.05, 3.63) is 28.7 Å². The van der Waals surface area contributed by atoms with Crippen molar-refractivity contribution in [2.45, 2.75) is 6.10 Å². The summed E-state index contributed by atoms with van der Waals surface area (Å²) in [7, 11) is 0. The summed E-state index contributed by atoms with van der Waals surface area (Å²) in [4.78, 5) is 8.53. The summed E-state index contributed by atoms with van der Waals surface area (Å²) in [6.07, 6.45) is 1.53. The molecule has 1 aliphatic rings. The minimum Gasteiger partial charge on any atom is -0.366 e. The van der Waals surface area contributed by atoms with Gasteiger partial charge in [-0.15, -0.1) is 0 Å². The van der Waals surface area contributed by atoms with Gasteiger partial charge in [0.2, 0.25) is 5.82 Å². The fourth-order valence-corrected chi connectivity index (χ4v) is 1.94. The van der Waals surface area contributed by atoms with Crippen LogP contribution in [0.3, 0.4) is 0 Å². The smallest absolute Gasteiger partial charge is 0.257 e. The molecule has 1 N–H and O–H groups in total. The van der Waals surface area contributed by atoms with Crippen LogP contribution in [-0.4, -0.2) is 34.8 Å². The number of halogens is 1. The number of hydrogen-bond donors (Lipinski definition) is 1. The summed E-state index contributed by atoms with van der Waals surface area (Å²) in [6, 6.07) is 3.72. The quantitative estimate of drug-likeness (QED) is 0.907. The molecule has 0 bridgehead atoms. The Hall–Kier alpha value is -1.31. The van der Waals surface area contributed by atoms with E-state index in [2.05, 4.69) is 36.4 Å². The van der Waals surface area contributed by atoms with Crippen molar-refractivity contribution < 1.29 is 9.26 Å². The molecule has 0 spiro atoms. The average molecular weight is 311 g/mol. The lowest BCUT2D eigenvalue weighted by molar-refractivity contribution is 0.00755. The fraction of sp³-hybridized carbons (Fsp3) is 0.364. The third-order valence-corrected chi connectivity index (χ3v) is 3.07. The van der Waals surface area contributed by atoms with E-state index in [1.165, 1.54) is 0 Å². The van der Waals surface area contributed by atoms with Crippen LogP contribution in [0.5, 0.6) is 0 Å². The highest BCUT2D eigenvalue weighted by Crippen LogP contribution is 2.21. The minimum atomic E-state index is -0.171. The number of hydrogen-bond acceptors (Lipinski definition) is 6. The molecule has 0 amide bonds. The zero-order valence-corrected chi connectivity index (χ0v) is 11.1. The molecule has 2 aromatic rings. The van der Waals surface area contributed by atoms with E-state index in [-0.39, 0.29) is 6.10 Å². The fourth-order valence-electron chi connectivity index (χ4n) is 1.70. The molecule has 0 aromatic carbocycles. The van der Waals surface area contributed by atoms with Gasteiger partial charge in [-0.3, -0.25) is 4.98 Å². The van der Waals surface area contributed by atoms with Crippen molar-refractivity contribution in [1.29, 1.82) is 0 Å². The van der Waals surface area contributed by atoms with Gasteiger partial charge in [-0.2, -0.15) is 4.98 Å². The summed E-state index contributed by atoms with van der Waals surface area (Å²) >= 11 is 3.33. The topological polar surface area (TPSA) is 73.1 Å². The van der Waals surface area contributed by atoms with Crippen molar-refractivity contribution >= 4 is 15.9 Å². The predicted octanol–water partition coefficient (Wildman–Crippen LogP) is 1.55. The Labute approximate surface area is 112 Å². The summed E-state index contributed by atoms with van der Waals surface area (Å²) in [5.41, 5.74) is 0.678. The molecule has 1 aliphatic heterocycles. The van der Waals surface area contributed by atoms with Crippen molar-refractivity contribution in [3.63, 3.8) is 0 Å². The van der Waals surface area contributed by atoms with Gasteiger partial charge in [0, 0.05) is 23.8 Å². The van der Waals surface area contributed by atoms with E-state index < -0.39 is 0 Å². The molecular weight excluding hydrogens is 300 g/mol. The average Bonchev–Trinajstić information content (AvgIpc) is 2.90. The molecule has 0 aliphatic carbocycles. The number of rotatable bonds is 2. The number of morpholine rings is 1. The van der Waals surface area contributed by atoms with Crippen molar-refractivity contribution in [3.8, 4) is 11.5 Å². The normalized spacial score (nSPS) is 19.9. The van der Waals surface area contributed by atoms with Gasteiger partial charge in [0.1, 0.15) is 11.8 Å². The van der Waals surface area contributed by atoms with Gasteiger partial charge in [-0.05, 0) is 28.1 Å². The van der Waals surface area contributed by atoms with Crippen LogP contribution >= 0.6 is 15.9 Å². The molecule has 2 aromatic heterocycles. The van der Waals surface area contributed by atoms with E-state index in [0.29, 0.717) is 30.6 Å². The zero-order valence-electron chi connectivity index (χ0n) is 9.47. The first-order valence-electron chi connectivity index (χ1n) is 5.61. The largest absolute Gasteiger partial charge is 0.366 e. The summed E-state index contributed by atoms with van der Waals surface area (Å²) < 4.78 is 11.7. The molecule has 3 heterocycles. The van der Waals surface area contributed by atoms with Crippen LogP contribution in [0.1, 0.15) is 12.0 Å². The number of nitrogens with one attached hydrogen (secondary N) is 1. The Morgan fingerprint density at radius 1 is 1.39 bits per heavy atom. The third kappa shape index (κ3) is 2.43. The summed E-state index contributed by atoms with van der Waals surface area (Å²) in [5.74, 6) is 0.966. The molecule has 0 radical (unpaired) electrons. The van der Waals surface area contributed by atoms with Gasteiger partial charge in [0.05, 0.1) is 6.61 Å². The van der Waals surface area contributed by atoms with Crippen LogP contribution in [-0.2, 0) is 4.74 Å². The highest BCUT2D eigenvalue weighted by Gasteiger charge is 2.22. The maximum Gasteiger partial charge on any atom is 0.257 e. The van der Waals surface area contributed by atoms with Gasteiger partial charge in [0.15, 0.2) is 0 Å². The molecule has 7 heteroatoms. The molecule has 94 valence electrons. The Balaban J connectivity index is 1.82. The lowest BCUT2D eigenvalue weighted by atomic mass is 10.3. The van der Waals surface area contributed by atoms with E-state index in [1.807, 2.05) is 12.1 Å². The second kappa shape index (κ2) is 5.13. The Bertz CT molecular complexity index is 522. The van der Waals surface area contributed by atoms with Gasteiger partial charge >= 0.3 is 0 Å². The molecule has 1 saturated heterocycles. The third-order valence-electron chi connectivity index (χ3n) is 2.60. The minimum absolute atomic E-state index is 0.171. The number of ether oxygens (including phenoxy) is 1. The van der Waals surface area contributed by atoms with E-state index in [0.717, 1.165) is 11.0 Å². The van der Waals surface area contributed by atoms with E-state index in [4.69, 9.17) is 9.26 Å². The van der Waals surface area contributed by atoms with E-state index in [9.17, 15) is 0 Å². The standard InChI is InChI=1S/C11H11BrN4O2/c12-7-1-2-8(14-5-7)10-15-11(18-16-10)9-6-13-3-4-17-9/h1-2,5,9,13H,3-4,6H2. The molecule has 3 rings (SSSR count). The van der Waals surface area contributed by atoms with Gasteiger partial charge in [-0.25, -0.2) is 0 Å². The summed E-state index contributed by atoms with van der Waals surface area (Å²) in [6.45, 7) is 2.19. The highest BCUT2D eigenvalue weighted by molar-refractivity contribution is 9.10. The van der Waals surface area contributed by atoms with Crippen LogP contribution in [0.4, 0.5) is 0 Å².